The van der Waals surface area contributed by atoms with Crippen LogP contribution in [0.1, 0.15) is 18.4 Å². The summed E-state index contributed by atoms with van der Waals surface area (Å²) < 4.78 is 9.41. The van der Waals surface area contributed by atoms with Crippen molar-refractivity contribution in [2.45, 2.75) is 18.9 Å². The molecule has 1 aliphatic carbocycles. The van der Waals surface area contributed by atoms with Crippen LogP contribution in [0.2, 0.25) is 0 Å². The summed E-state index contributed by atoms with van der Waals surface area (Å²) in [6.45, 7) is 5.42. The van der Waals surface area contributed by atoms with Crippen molar-refractivity contribution in [2.75, 3.05) is 4.90 Å². The Morgan fingerprint density at radius 3 is 2.07 bits per heavy atom. The molecular weight excluding hydrogens is 657 g/mol. The van der Waals surface area contributed by atoms with Gasteiger partial charge in [0.05, 0.1) is 28.3 Å². The summed E-state index contributed by atoms with van der Waals surface area (Å²) in [5.74, 6) is 0.214. The molecule has 3 heteroatoms. The van der Waals surface area contributed by atoms with E-state index in [2.05, 4.69) is 174 Å². The second-order valence-corrected chi connectivity index (χ2v) is 14.4. The molecule has 3 nitrogen and oxygen atoms in total. The van der Waals surface area contributed by atoms with Crippen LogP contribution in [0.3, 0.4) is 0 Å². The third-order valence-electron chi connectivity index (χ3n) is 11.5. The number of nitrogens with zero attached hydrogens (tertiary/aromatic N) is 2. The monoisotopic (exact) mass is 692 g/mol. The number of para-hydroxylation sites is 5. The Labute approximate surface area is 312 Å². The molecule has 0 bridgehead atoms. The Kier molecular flexibility index (Phi) is 6.74. The summed E-state index contributed by atoms with van der Waals surface area (Å²) in [6, 6.07) is 53.2. The first-order chi connectivity index (χ1) is 26.7. The molecule has 0 saturated carbocycles. The highest BCUT2D eigenvalue weighted by Gasteiger charge is 2.39. The van der Waals surface area contributed by atoms with Gasteiger partial charge in [0.1, 0.15) is 5.58 Å². The molecule has 12 rings (SSSR count). The minimum atomic E-state index is 0.118. The molecule has 1 aliphatic heterocycles. The molecule has 0 spiro atoms. The van der Waals surface area contributed by atoms with E-state index in [0.29, 0.717) is 0 Å². The number of furan rings is 1. The maximum atomic E-state index is 6.93. The third-order valence-corrected chi connectivity index (χ3v) is 11.5. The van der Waals surface area contributed by atoms with E-state index >= 15 is 0 Å². The van der Waals surface area contributed by atoms with Crippen LogP contribution in [-0.2, 0) is 0 Å². The number of benzene rings is 7. The fourth-order valence-electron chi connectivity index (χ4n) is 9.30. The average molecular weight is 693 g/mol. The quantitative estimate of drug-likeness (QED) is 0.172. The van der Waals surface area contributed by atoms with E-state index in [-0.39, 0.29) is 12.0 Å². The van der Waals surface area contributed by atoms with E-state index in [0.717, 1.165) is 38.8 Å². The lowest BCUT2D eigenvalue weighted by Crippen LogP contribution is -2.38. The lowest BCUT2D eigenvalue weighted by Gasteiger charge is -2.29. The van der Waals surface area contributed by atoms with Gasteiger partial charge in [-0.15, -0.1) is 0 Å². The summed E-state index contributed by atoms with van der Waals surface area (Å²) >= 11 is 0. The first-order valence-corrected chi connectivity index (χ1v) is 18.8. The summed E-state index contributed by atoms with van der Waals surface area (Å²) in [7, 11) is 0. The predicted molar refractivity (Wildman–Crippen MR) is 229 cm³/mol. The molecule has 2 unspecified atom stereocenters. The lowest BCUT2D eigenvalue weighted by atomic mass is 9.89. The number of allylic oxidation sites excluding steroid dienone is 3. The van der Waals surface area contributed by atoms with Gasteiger partial charge in [0.25, 0.3) is 0 Å². The van der Waals surface area contributed by atoms with Crippen LogP contribution in [0.25, 0.3) is 83.3 Å². The first-order valence-electron chi connectivity index (χ1n) is 18.8. The van der Waals surface area contributed by atoms with E-state index in [1.165, 1.54) is 59.8 Å². The average Bonchev–Trinajstić information content (AvgIpc) is 3.96. The number of rotatable bonds is 3. The fraction of sp³-hybridized carbons (Fsp3) is 0.0588. The van der Waals surface area contributed by atoms with Crippen LogP contribution in [-0.4, -0.2) is 10.4 Å². The van der Waals surface area contributed by atoms with E-state index in [1.807, 2.05) is 19.1 Å². The number of hydrogen-bond acceptors (Lipinski definition) is 2. The molecule has 0 fully saturated rings. The molecule has 10 aromatic rings. The van der Waals surface area contributed by atoms with Gasteiger partial charge in [-0.2, -0.15) is 0 Å². The topological polar surface area (TPSA) is 20.8 Å². The molecule has 2 aliphatic rings. The van der Waals surface area contributed by atoms with E-state index < -0.39 is 0 Å². The predicted octanol–water partition coefficient (Wildman–Crippen LogP) is 12.0. The molecule has 54 heavy (non-hydrogen) atoms. The van der Waals surface area contributed by atoms with Gasteiger partial charge < -0.3 is 13.7 Å². The van der Waals surface area contributed by atoms with Gasteiger partial charge in [-0.1, -0.05) is 152 Å². The number of anilines is 2. The first kappa shape index (κ1) is 30.8. The Bertz CT molecular complexity index is 3270. The van der Waals surface area contributed by atoms with E-state index in [4.69, 9.17) is 4.42 Å². The van der Waals surface area contributed by atoms with Crippen molar-refractivity contribution in [3.05, 3.63) is 186 Å². The summed E-state index contributed by atoms with van der Waals surface area (Å²) in [4.78, 5) is 2.53. The zero-order chi connectivity index (χ0) is 35.9. The number of hydrogen-bond donors (Lipinski definition) is 0. The highest BCUT2D eigenvalue weighted by Crippen LogP contribution is 2.50. The van der Waals surface area contributed by atoms with Crippen molar-refractivity contribution >= 4 is 83.6 Å². The van der Waals surface area contributed by atoms with Crippen molar-refractivity contribution in [1.29, 1.82) is 0 Å². The number of aromatic nitrogens is 1. The molecule has 0 amide bonds. The summed E-state index contributed by atoms with van der Waals surface area (Å²) in [5.41, 5.74) is 11.7. The maximum Gasteiger partial charge on any atom is 0.159 e. The third kappa shape index (κ3) is 4.30. The molecule has 0 radical (unpaired) electrons. The van der Waals surface area contributed by atoms with E-state index in [9.17, 15) is 0 Å². The van der Waals surface area contributed by atoms with Crippen molar-refractivity contribution in [3.63, 3.8) is 0 Å². The van der Waals surface area contributed by atoms with Gasteiger partial charge in [0.15, 0.2) is 5.58 Å². The SMILES string of the molecule is C1=c2cc3c4cccc5c6ccccc6n(c3cc2=CC2c3ccccc3N(c3cccc6c3oc3c(-c7ccccc7)cccc36)C12)c54.C=C/C=C\C. The zero-order valence-corrected chi connectivity index (χ0v) is 29.9. The fourth-order valence-corrected chi connectivity index (χ4v) is 9.30. The largest absolute Gasteiger partial charge is 0.453 e. The van der Waals surface area contributed by atoms with Crippen LogP contribution in [0.4, 0.5) is 11.4 Å². The van der Waals surface area contributed by atoms with Crippen LogP contribution >= 0.6 is 0 Å². The summed E-state index contributed by atoms with van der Waals surface area (Å²) in [6.07, 6.45) is 10.6. The van der Waals surface area contributed by atoms with Crippen molar-refractivity contribution in [2.24, 2.45) is 0 Å². The molecule has 2 atom stereocenters. The van der Waals surface area contributed by atoms with Crippen LogP contribution in [0.5, 0.6) is 0 Å². The van der Waals surface area contributed by atoms with Gasteiger partial charge in [-0.25, -0.2) is 0 Å². The van der Waals surface area contributed by atoms with Gasteiger partial charge in [-0.05, 0) is 58.8 Å². The van der Waals surface area contributed by atoms with Crippen LogP contribution < -0.4 is 15.3 Å². The van der Waals surface area contributed by atoms with Crippen LogP contribution in [0, 0.1) is 0 Å². The Morgan fingerprint density at radius 1 is 0.574 bits per heavy atom. The second-order valence-electron chi connectivity index (χ2n) is 14.4. The van der Waals surface area contributed by atoms with Gasteiger partial charge in [0, 0.05) is 49.5 Å². The van der Waals surface area contributed by atoms with Gasteiger partial charge in [0.2, 0.25) is 0 Å². The van der Waals surface area contributed by atoms with Crippen molar-refractivity contribution < 1.29 is 4.42 Å². The van der Waals surface area contributed by atoms with Gasteiger partial charge in [-0.3, -0.25) is 0 Å². The molecule has 0 N–H and O–H groups in total. The highest BCUT2D eigenvalue weighted by molar-refractivity contribution is 6.23. The lowest BCUT2D eigenvalue weighted by molar-refractivity contribution is 0.667. The van der Waals surface area contributed by atoms with Crippen molar-refractivity contribution in [3.8, 4) is 11.1 Å². The zero-order valence-electron chi connectivity index (χ0n) is 29.9. The highest BCUT2D eigenvalue weighted by atomic mass is 16.3. The Morgan fingerprint density at radius 2 is 1.24 bits per heavy atom. The smallest absolute Gasteiger partial charge is 0.159 e. The molecule has 0 saturated heterocycles. The van der Waals surface area contributed by atoms with Gasteiger partial charge >= 0.3 is 0 Å². The standard InChI is InChI=1S/C46H28N2O.C5H8/c1-2-11-27(12-3-1)30-15-8-18-35-36-19-10-22-41(46(36)49-45(30)35)47-39-20-6-5-14-32(39)37-23-28-26-43-38(24-29(28)25-42(37)47)34-17-9-16-33-31-13-4-7-21-40(31)48(43)44(33)34;1-3-5-4-2/h1-26,37,42H;3-5H,1H2,2H3/b;5-4-. The maximum absolute atomic E-state index is 6.93. The summed E-state index contributed by atoms with van der Waals surface area (Å²) in [5, 5.41) is 10.1. The second kappa shape index (κ2) is 11.8. The van der Waals surface area contributed by atoms with E-state index in [1.54, 1.807) is 6.08 Å². The molecule has 256 valence electrons. The molecule has 3 aromatic heterocycles. The number of fused-ring (bicyclic) bond motifs is 13. The molecular formula is C51H36N2O. The van der Waals surface area contributed by atoms with Crippen LogP contribution in [0.15, 0.2) is 175 Å². The minimum Gasteiger partial charge on any atom is -0.453 e. The Hall–Kier alpha value is -6.84. The molecule has 4 heterocycles. The van der Waals surface area contributed by atoms with Crippen molar-refractivity contribution in [1.82, 2.24) is 4.40 Å². The normalized spacial score (nSPS) is 16.1. The molecule has 7 aromatic carbocycles. The Balaban J connectivity index is 0.000000644. The minimum absolute atomic E-state index is 0.118.